The summed E-state index contributed by atoms with van der Waals surface area (Å²) in [5, 5.41) is 3.62. The van der Waals surface area contributed by atoms with Crippen molar-refractivity contribution in [3.63, 3.8) is 0 Å². The summed E-state index contributed by atoms with van der Waals surface area (Å²) in [7, 11) is 0. The quantitative estimate of drug-likeness (QED) is 0.833. The number of aromatic nitrogens is 2. The standard InChI is InChI=1S/C22H29N5O/c1-2-6-19(7-3-1)8-4-12-26-13-5-9-20(18-26)24-21-10-11-23-22(25-21)27-14-16-28-17-15-27/h1-4,6-8,10-11,20H,5,9,12-18H2,(H,23,24,25)/b8-4+. The van der Waals surface area contributed by atoms with Crippen LogP contribution in [0.25, 0.3) is 6.08 Å². The average molecular weight is 380 g/mol. The van der Waals surface area contributed by atoms with E-state index in [4.69, 9.17) is 9.72 Å². The number of anilines is 2. The fourth-order valence-electron chi connectivity index (χ4n) is 3.79. The minimum atomic E-state index is 0.423. The van der Waals surface area contributed by atoms with Crippen molar-refractivity contribution < 1.29 is 4.74 Å². The van der Waals surface area contributed by atoms with Crippen LogP contribution in [0.5, 0.6) is 0 Å². The highest BCUT2D eigenvalue weighted by Gasteiger charge is 2.20. The Kier molecular flexibility index (Phi) is 6.52. The van der Waals surface area contributed by atoms with Crippen molar-refractivity contribution in [1.29, 1.82) is 0 Å². The SMILES string of the molecule is C(=C\c1ccccc1)/CN1CCCC(Nc2ccnc(N3CCOCC3)n2)C1. The summed E-state index contributed by atoms with van der Waals surface area (Å²) in [6, 6.07) is 12.9. The van der Waals surface area contributed by atoms with Crippen LogP contribution in [-0.2, 0) is 4.74 Å². The lowest BCUT2D eigenvalue weighted by molar-refractivity contribution is 0.122. The Morgan fingerprint density at radius 2 is 1.96 bits per heavy atom. The second-order valence-corrected chi connectivity index (χ2v) is 7.40. The topological polar surface area (TPSA) is 53.5 Å². The van der Waals surface area contributed by atoms with E-state index >= 15 is 0 Å². The number of benzene rings is 1. The maximum absolute atomic E-state index is 5.42. The van der Waals surface area contributed by atoms with Crippen molar-refractivity contribution >= 4 is 17.8 Å². The van der Waals surface area contributed by atoms with E-state index in [0.29, 0.717) is 6.04 Å². The van der Waals surface area contributed by atoms with Gasteiger partial charge in [0.25, 0.3) is 0 Å². The molecule has 0 radical (unpaired) electrons. The molecule has 0 amide bonds. The van der Waals surface area contributed by atoms with Crippen molar-refractivity contribution in [2.45, 2.75) is 18.9 Å². The molecule has 3 heterocycles. The van der Waals surface area contributed by atoms with Crippen molar-refractivity contribution in [2.75, 3.05) is 56.2 Å². The maximum Gasteiger partial charge on any atom is 0.227 e. The summed E-state index contributed by atoms with van der Waals surface area (Å²) in [4.78, 5) is 13.9. The first-order valence-corrected chi connectivity index (χ1v) is 10.2. The lowest BCUT2D eigenvalue weighted by Crippen LogP contribution is -2.42. The van der Waals surface area contributed by atoms with Crippen molar-refractivity contribution in [1.82, 2.24) is 14.9 Å². The molecule has 6 nitrogen and oxygen atoms in total. The third-order valence-corrected chi connectivity index (χ3v) is 5.27. The Labute approximate surface area is 167 Å². The second kappa shape index (κ2) is 9.66. The van der Waals surface area contributed by atoms with Crippen molar-refractivity contribution in [3.05, 3.63) is 54.2 Å². The number of rotatable bonds is 6. The Morgan fingerprint density at radius 3 is 2.82 bits per heavy atom. The summed E-state index contributed by atoms with van der Waals surface area (Å²) in [6.45, 7) is 6.37. The van der Waals surface area contributed by atoms with Crippen LogP contribution in [0, 0.1) is 0 Å². The van der Waals surface area contributed by atoms with E-state index in [1.165, 1.54) is 18.4 Å². The number of hydrogen-bond acceptors (Lipinski definition) is 6. The van der Waals surface area contributed by atoms with Crippen LogP contribution in [0.3, 0.4) is 0 Å². The molecule has 0 spiro atoms. The van der Waals surface area contributed by atoms with E-state index in [0.717, 1.165) is 57.7 Å². The number of nitrogens with zero attached hydrogens (tertiary/aromatic N) is 4. The molecule has 6 heteroatoms. The van der Waals surface area contributed by atoms with Gasteiger partial charge in [0.2, 0.25) is 5.95 Å². The first-order chi connectivity index (χ1) is 13.9. The van der Waals surface area contributed by atoms with E-state index in [1.807, 2.05) is 12.3 Å². The molecule has 2 aromatic rings. The summed E-state index contributed by atoms with van der Waals surface area (Å²) in [5.41, 5.74) is 1.26. The number of hydrogen-bond donors (Lipinski definition) is 1. The highest BCUT2D eigenvalue weighted by molar-refractivity contribution is 5.48. The normalized spacial score (nSPS) is 21.1. The predicted octanol–water partition coefficient (Wildman–Crippen LogP) is 2.90. The van der Waals surface area contributed by atoms with Gasteiger partial charge in [0.1, 0.15) is 5.82 Å². The summed E-state index contributed by atoms with van der Waals surface area (Å²) < 4.78 is 5.42. The Hall–Kier alpha value is -2.44. The highest BCUT2D eigenvalue weighted by Crippen LogP contribution is 2.17. The molecule has 2 saturated heterocycles. The maximum atomic E-state index is 5.42. The molecule has 28 heavy (non-hydrogen) atoms. The van der Waals surface area contributed by atoms with E-state index < -0.39 is 0 Å². The fraction of sp³-hybridized carbons (Fsp3) is 0.455. The highest BCUT2D eigenvalue weighted by atomic mass is 16.5. The van der Waals surface area contributed by atoms with Crippen LogP contribution in [-0.4, -0.2) is 66.8 Å². The van der Waals surface area contributed by atoms with E-state index in [1.54, 1.807) is 0 Å². The smallest absolute Gasteiger partial charge is 0.227 e. The lowest BCUT2D eigenvalue weighted by Gasteiger charge is -2.33. The van der Waals surface area contributed by atoms with E-state index in [9.17, 15) is 0 Å². The number of ether oxygens (including phenoxy) is 1. The molecule has 2 aliphatic rings. The van der Waals surface area contributed by atoms with E-state index in [2.05, 4.69) is 62.6 Å². The molecule has 0 bridgehead atoms. The molecule has 1 N–H and O–H groups in total. The van der Waals surface area contributed by atoms with Gasteiger partial charge < -0.3 is 15.0 Å². The third-order valence-electron chi connectivity index (χ3n) is 5.27. The van der Waals surface area contributed by atoms with Crippen LogP contribution in [0.4, 0.5) is 11.8 Å². The third kappa shape index (κ3) is 5.30. The molecule has 1 aromatic heterocycles. The first-order valence-electron chi connectivity index (χ1n) is 10.2. The monoisotopic (exact) mass is 379 g/mol. The van der Waals surface area contributed by atoms with Crippen LogP contribution in [0.2, 0.25) is 0 Å². The zero-order valence-corrected chi connectivity index (χ0v) is 16.3. The van der Waals surface area contributed by atoms with Crippen LogP contribution in [0.1, 0.15) is 18.4 Å². The number of morpholine rings is 1. The molecule has 0 aliphatic carbocycles. The van der Waals surface area contributed by atoms with Crippen molar-refractivity contribution in [3.8, 4) is 0 Å². The molecule has 2 fully saturated rings. The molecular formula is C22H29N5O. The number of likely N-dealkylation sites (tertiary alicyclic amines) is 1. The fourth-order valence-corrected chi connectivity index (χ4v) is 3.79. The Balaban J connectivity index is 1.30. The van der Waals surface area contributed by atoms with Gasteiger partial charge in [-0.1, -0.05) is 42.5 Å². The molecule has 148 valence electrons. The lowest BCUT2D eigenvalue weighted by atomic mass is 10.1. The second-order valence-electron chi connectivity index (χ2n) is 7.40. The first kappa shape index (κ1) is 18.9. The molecular weight excluding hydrogens is 350 g/mol. The van der Waals surface area contributed by atoms with Crippen LogP contribution in [0.15, 0.2) is 48.7 Å². The van der Waals surface area contributed by atoms with Gasteiger partial charge in [-0.25, -0.2) is 4.98 Å². The van der Waals surface area contributed by atoms with Gasteiger partial charge in [0.05, 0.1) is 13.2 Å². The Morgan fingerprint density at radius 1 is 1.11 bits per heavy atom. The van der Waals surface area contributed by atoms with Crippen molar-refractivity contribution in [2.24, 2.45) is 0 Å². The molecule has 4 rings (SSSR count). The summed E-state index contributed by atoms with van der Waals surface area (Å²) in [6.07, 6.45) is 8.70. The number of nitrogens with one attached hydrogen (secondary N) is 1. The van der Waals surface area contributed by atoms with Gasteiger partial charge in [-0.15, -0.1) is 0 Å². The molecule has 1 unspecified atom stereocenters. The van der Waals surface area contributed by atoms with Gasteiger partial charge >= 0.3 is 0 Å². The number of piperidine rings is 1. The minimum Gasteiger partial charge on any atom is -0.378 e. The summed E-state index contributed by atoms with van der Waals surface area (Å²) >= 11 is 0. The van der Waals surface area contributed by atoms with Crippen LogP contribution < -0.4 is 10.2 Å². The molecule has 2 aliphatic heterocycles. The molecule has 1 atom stereocenters. The molecule has 1 aromatic carbocycles. The van der Waals surface area contributed by atoms with Gasteiger partial charge in [-0.2, -0.15) is 4.98 Å². The minimum absolute atomic E-state index is 0.423. The zero-order valence-electron chi connectivity index (χ0n) is 16.3. The largest absolute Gasteiger partial charge is 0.378 e. The predicted molar refractivity (Wildman–Crippen MR) is 114 cm³/mol. The van der Waals surface area contributed by atoms with Gasteiger partial charge in [-0.3, -0.25) is 4.90 Å². The molecule has 0 saturated carbocycles. The Bertz CT molecular complexity index is 761. The zero-order chi connectivity index (χ0) is 19.0. The van der Waals surface area contributed by atoms with Crippen LogP contribution >= 0.6 is 0 Å². The summed E-state index contributed by atoms with van der Waals surface area (Å²) in [5.74, 6) is 1.72. The van der Waals surface area contributed by atoms with Gasteiger partial charge in [-0.05, 0) is 31.0 Å². The van der Waals surface area contributed by atoms with E-state index in [-0.39, 0.29) is 0 Å². The van der Waals surface area contributed by atoms with Gasteiger partial charge in [0, 0.05) is 38.4 Å². The average Bonchev–Trinajstić information content (AvgIpc) is 2.76. The van der Waals surface area contributed by atoms with Gasteiger partial charge in [0.15, 0.2) is 0 Å².